The van der Waals surface area contributed by atoms with E-state index in [9.17, 15) is 0 Å². The summed E-state index contributed by atoms with van der Waals surface area (Å²) in [6, 6.07) is 36.9. The quantitative estimate of drug-likeness (QED) is 0.327. The minimum atomic E-state index is 0.742. The van der Waals surface area contributed by atoms with Crippen LogP contribution in [0.3, 0.4) is 0 Å². The molecular formula is C29H24O2. The number of rotatable bonds is 6. The highest BCUT2D eigenvalue weighted by Gasteiger charge is 2.13. The summed E-state index contributed by atoms with van der Waals surface area (Å²) in [5.74, 6) is 1.49. The van der Waals surface area contributed by atoms with Crippen LogP contribution < -0.4 is 9.47 Å². The van der Waals surface area contributed by atoms with E-state index in [-0.39, 0.29) is 0 Å². The van der Waals surface area contributed by atoms with E-state index in [1.165, 1.54) is 0 Å². The molecule has 2 heteroatoms. The Labute approximate surface area is 183 Å². The topological polar surface area (TPSA) is 18.5 Å². The molecule has 31 heavy (non-hydrogen) atoms. The highest BCUT2D eigenvalue weighted by Crippen LogP contribution is 2.35. The third-order valence-electron chi connectivity index (χ3n) is 5.12. The van der Waals surface area contributed by atoms with Gasteiger partial charge in [0.1, 0.15) is 11.5 Å². The van der Waals surface area contributed by atoms with E-state index in [1.54, 1.807) is 14.2 Å². The number of hydrogen-bond donors (Lipinski definition) is 0. The van der Waals surface area contributed by atoms with E-state index in [1.807, 2.05) is 48.5 Å². The van der Waals surface area contributed by atoms with Gasteiger partial charge in [0.2, 0.25) is 0 Å². The van der Waals surface area contributed by atoms with Crippen molar-refractivity contribution < 1.29 is 9.47 Å². The summed E-state index contributed by atoms with van der Waals surface area (Å²) >= 11 is 0. The molecule has 0 bridgehead atoms. The maximum Gasteiger partial charge on any atom is 0.131 e. The Bertz CT molecular complexity index is 1160. The fourth-order valence-corrected chi connectivity index (χ4v) is 3.55. The first kappa shape index (κ1) is 20.3. The second kappa shape index (κ2) is 9.67. The average molecular weight is 405 g/mol. The van der Waals surface area contributed by atoms with Gasteiger partial charge in [-0.05, 0) is 28.8 Å². The van der Waals surface area contributed by atoms with E-state index in [4.69, 9.17) is 9.47 Å². The molecule has 0 saturated heterocycles. The maximum absolute atomic E-state index is 5.73. The van der Waals surface area contributed by atoms with Gasteiger partial charge in [-0.25, -0.2) is 0 Å². The SMILES string of the molecule is COc1ccc(C(=C=C(c2ccccc2)c2ccccc2)c2ccccc2)c(OC)c1. The molecule has 4 aromatic rings. The van der Waals surface area contributed by atoms with Gasteiger partial charge in [-0.15, -0.1) is 5.73 Å². The van der Waals surface area contributed by atoms with Gasteiger partial charge in [-0.2, -0.15) is 0 Å². The third-order valence-corrected chi connectivity index (χ3v) is 5.12. The van der Waals surface area contributed by atoms with Gasteiger partial charge in [0.25, 0.3) is 0 Å². The van der Waals surface area contributed by atoms with Gasteiger partial charge in [-0.1, -0.05) is 91.0 Å². The first-order valence-corrected chi connectivity index (χ1v) is 10.2. The summed E-state index contributed by atoms with van der Waals surface area (Å²) in [5, 5.41) is 0. The smallest absolute Gasteiger partial charge is 0.131 e. The molecule has 4 rings (SSSR count). The Morgan fingerprint density at radius 1 is 0.548 bits per heavy atom. The van der Waals surface area contributed by atoms with E-state index < -0.39 is 0 Å². The lowest BCUT2D eigenvalue weighted by Gasteiger charge is -2.14. The molecule has 0 aliphatic rings. The van der Waals surface area contributed by atoms with Crippen molar-refractivity contribution in [2.45, 2.75) is 0 Å². The van der Waals surface area contributed by atoms with E-state index in [0.717, 1.165) is 44.9 Å². The fraction of sp³-hybridized carbons (Fsp3) is 0.0690. The van der Waals surface area contributed by atoms with Crippen molar-refractivity contribution in [1.29, 1.82) is 0 Å². The van der Waals surface area contributed by atoms with Gasteiger partial charge < -0.3 is 9.47 Å². The predicted molar refractivity (Wildman–Crippen MR) is 127 cm³/mol. The molecule has 0 spiro atoms. The lowest BCUT2D eigenvalue weighted by molar-refractivity contribution is 0.393. The third kappa shape index (κ3) is 4.61. The van der Waals surface area contributed by atoms with Crippen LogP contribution in [0.15, 0.2) is 115 Å². The van der Waals surface area contributed by atoms with Gasteiger partial charge >= 0.3 is 0 Å². The maximum atomic E-state index is 5.73. The molecule has 0 heterocycles. The number of hydrogen-bond acceptors (Lipinski definition) is 2. The summed E-state index contributed by atoms with van der Waals surface area (Å²) in [4.78, 5) is 0. The van der Waals surface area contributed by atoms with Crippen molar-refractivity contribution in [3.8, 4) is 11.5 Å². The van der Waals surface area contributed by atoms with Crippen LogP contribution in [0.1, 0.15) is 22.3 Å². The number of benzene rings is 4. The highest BCUT2D eigenvalue weighted by atomic mass is 16.5. The first-order chi connectivity index (χ1) is 15.3. The van der Waals surface area contributed by atoms with E-state index in [0.29, 0.717) is 0 Å². The highest BCUT2D eigenvalue weighted by molar-refractivity contribution is 5.90. The van der Waals surface area contributed by atoms with E-state index >= 15 is 0 Å². The van der Waals surface area contributed by atoms with Gasteiger partial charge in [0.15, 0.2) is 0 Å². The summed E-state index contributed by atoms with van der Waals surface area (Å²) in [7, 11) is 3.34. The first-order valence-electron chi connectivity index (χ1n) is 10.2. The molecule has 0 saturated carbocycles. The summed E-state index contributed by atoms with van der Waals surface area (Å²) in [6.45, 7) is 0. The molecular weight excluding hydrogens is 380 g/mol. The molecule has 0 amide bonds. The Balaban J connectivity index is 2.08. The zero-order valence-electron chi connectivity index (χ0n) is 17.7. The van der Waals surface area contributed by atoms with Crippen LogP contribution >= 0.6 is 0 Å². The van der Waals surface area contributed by atoms with Crippen LogP contribution in [0.4, 0.5) is 0 Å². The van der Waals surface area contributed by atoms with Crippen LogP contribution in [0, 0.1) is 0 Å². The molecule has 0 atom stereocenters. The van der Waals surface area contributed by atoms with Crippen molar-refractivity contribution in [2.24, 2.45) is 0 Å². The van der Waals surface area contributed by atoms with Crippen molar-refractivity contribution in [3.05, 3.63) is 137 Å². The summed E-state index contributed by atoms with van der Waals surface area (Å²) in [6.07, 6.45) is 0. The molecule has 0 aromatic heterocycles. The van der Waals surface area contributed by atoms with Crippen LogP contribution in [0.2, 0.25) is 0 Å². The monoisotopic (exact) mass is 404 g/mol. The summed E-state index contributed by atoms with van der Waals surface area (Å²) < 4.78 is 11.1. The Morgan fingerprint density at radius 3 is 1.48 bits per heavy atom. The second-order valence-electron chi connectivity index (χ2n) is 7.04. The number of methoxy groups -OCH3 is 2. The molecule has 0 unspecified atom stereocenters. The van der Waals surface area contributed by atoms with Gasteiger partial charge in [0, 0.05) is 22.8 Å². The standard InChI is InChI=1S/C29H24O2/c1-30-25-18-19-26(29(20-25)31-2)28(24-16-10-5-11-17-24)21-27(22-12-6-3-7-13-22)23-14-8-4-9-15-23/h3-20H,1-2H3. The van der Waals surface area contributed by atoms with Crippen molar-refractivity contribution in [1.82, 2.24) is 0 Å². The van der Waals surface area contributed by atoms with E-state index in [2.05, 4.69) is 66.4 Å². The molecule has 2 nitrogen and oxygen atoms in total. The van der Waals surface area contributed by atoms with Crippen molar-refractivity contribution in [2.75, 3.05) is 14.2 Å². The average Bonchev–Trinajstić information content (AvgIpc) is 2.86. The van der Waals surface area contributed by atoms with Crippen LogP contribution in [0.25, 0.3) is 11.1 Å². The minimum Gasteiger partial charge on any atom is -0.497 e. The second-order valence-corrected chi connectivity index (χ2v) is 7.04. The lowest BCUT2D eigenvalue weighted by Crippen LogP contribution is -1.95. The molecule has 152 valence electrons. The summed E-state index contributed by atoms with van der Waals surface area (Å²) in [5.41, 5.74) is 9.97. The van der Waals surface area contributed by atoms with Crippen LogP contribution in [-0.4, -0.2) is 14.2 Å². The molecule has 0 aliphatic carbocycles. The van der Waals surface area contributed by atoms with Gasteiger partial charge in [0.05, 0.1) is 14.2 Å². The molecule has 0 fully saturated rings. The Kier molecular flexibility index (Phi) is 6.32. The molecule has 4 aromatic carbocycles. The van der Waals surface area contributed by atoms with Crippen LogP contribution in [-0.2, 0) is 0 Å². The molecule has 0 N–H and O–H groups in total. The van der Waals surface area contributed by atoms with Crippen molar-refractivity contribution >= 4 is 11.1 Å². The zero-order chi connectivity index (χ0) is 21.5. The predicted octanol–water partition coefficient (Wildman–Crippen LogP) is 6.87. The fourth-order valence-electron chi connectivity index (χ4n) is 3.55. The number of ether oxygens (including phenoxy) is 2. The minimum absolute atomic E-state index is 0.742. The van der Waals surface area contributed by atoms with Crippen molar-refractivity contribution in [3.63, 3.8) is 0 Å². The Hall–Kier alpha value is -4.00. The normalized spacial score (nSPS) is 10.1. The Morgan fingerprint density at radius 2 is 1.03 bits per heavy atom. The lowest BCUT2D eigenvalue weighted by atomic mass is 9.93. The largest absolute Gasteiger partial charge is 0.497 e. The van der Waals surface area contributed by atoms with Gasteiger partial charge in [-0.3, -0.25) is 0 Å². The zero-order valence-corrected chi connectivity index (χ0v) is 17.7. The van der Waals surface area contributed by atoms with Crippen LogP contribution in [0.5, 0.6) is 11.5 Å². The molecule has 0 radical (unpaired) electrons. The molecule has 0 aliphatic heterocycles.